The number of ether oxygens (including phenoxy) is 1. The smallest absolute Gasteiger partial charge is 0.318 e. The molecular weight excluding hydrogens is 234 g/mol. The highest BCUT2D eigenvalue weighted by Gasteiger charge is 2.23. The average molecular weight is 257 g/mol. The third kappa shape index (κ3) is 4.91. The van der Waals surface area contributed by atoms with E-state index in [1.807, 2.05) is 20.8 Å². The fourth-order valence-corrected chi connectivity index (χ4v) is 1.59. The van der Waals surface area contributed by atoms with Crippen molar-refractivity contribution >= 4 is 11.9 Å². The zero-order valence-corrected chi connectivity index (χ0v) is 11.6. The van der Waals surface area contributed by atoms with Crippen molar-refractivity contribution in [3.8, 4) is 0 Å². The van der Waals surface area contributed by atoms with Crippen LogP contribution >= 0.6 is 0 Å². The lowest BCUT2D eigenvalue weighted by molar-refractivity contribution is -0.124. The van der Waals surface area contributed by atoms with Gasteiger partial charge in [0.1, 0.15) is 6.04 Å². The monoisotopic (exact) mass is 257 g/mol. The molecule has 0 aromatic heterocycles. The summed E-state index contributed by atoms with van der Waals surface area (Å²) in [5.41, 5.74) is -0.297. The summed E-state index contributed by atoms with van der Waals surface area (Å²) < 4.78 is 5.17. The second-order valence-corrected chi connectivity index (χ2v) is 5.51. The molecule has 0 aliphatic carbocycles. The number of carbonyl (C=O) groups is 2. The molecule has 1 heterocycles. The maximum absolute atomic E-state index is 11.9. The first-order valence-corrected chi connectivity index (χ1v) is 6.25. The lowest BCUT2D eigenvalue weighted by Crippen LogP contribution is -2.54. The molecule has 1 atom stereocenters. The van der Waals surface area contributed by atoms with Crippen molar-refractivity contribution in [2.45, 2.75) is 39.3 Å². The van der Waals surface area contributed by atoms with Crippen LogP contribution in [0.5, 0.6) is 0 Å². The molecule has 0 saturated carbocycles. The van der Waals surface area contributed by atoms with Crippen molar-refractivity contribution in [1.82, 2.24) is 15.5 Å². The van der Waals surface area contributed by atoms with Gasteiger partial charge < -0.3 is 20.3 Å². The maximum Gasteiger partial charge on any atom is 0.318 e. The van der Waals surface area contributed by atoms with Gasteiger partial charge in [-0.05, 0) is 27.7 Å². The van der Waals surface area contributed by atoms with Crippen molar-refractivity contribution < 1.29 is 14.3 Å². The molecule has 6 heteroatoms. The predicted octanol–water partition coefficient (Wildman–Crippen LogP) is 0.331. The van der Waals surface area contributed by atoms with E-state index in [1.165, 1.54) is 0 Å². The zero-order chi connectivity index (χ0) is 13.8. The average Bonchev–Trinajstić information content (AvgIpc) is 2.27. The Kier molecular flexibility index (Phi) is 4.95. The number of nitrogens with one attached hydrogen (secondary N) is 2. The predicted molar refractivity (Wildman–Crippen MR) is 68.3 cm³/mol. The van der Waals surface area contributed by atoms with Crippen LogP contribution in [0.3, 0.4) is 0 Å². The molecule has 1 saturated heterocycles. The lowest BCUT2D eigenvalue weighted by Gasteiger charge is -2.29. The summed E-state index contributed by atoms with van der Waals surface area (Å²) in [6.07, 6.45) is 0. The molecule has 1 rings (SSSR count). The molecule has 104 valence electrons. The Bertz CT molecular complexity index is 306. The van der Waals surface area contributed by atoms with Gasteiger partial charge >= 0.3 is 6.03 Å². The first kappa shape index (κ1) is 14.8. The molecule has 18 heavy (non-hydrogen) atoms. The first-order valence-electron chi connectivity index (χ1n) is 6.25. The Hall–Kier alpha value is -1.30. The van der Waals surface area contributed by atoms with E-state index in [0.717, 1.165) is 0 Å². The molecule has 1 aliphatic rings. The SMILES string of the molecule is CC(NC(=O)N1CCOCC1)C(=O)NC(C)(C)C. The van der Waals surface area contributed by atoms with Gasteiger partial charge in [-0.15, -0.1) is 0 Å². The van der Waals surface area contributed by atoms with Crippen LogP contribution in [0.25, 0.3) is 0 Å². The van der Waals surface area contributed by atoms with Gasteiger partial charge in [0.05, 0.1) is 13.2 Å². The van der Waals surface area contributed by atoms with E-state index in [4.69, 9.17) is 4.74 Å². The minimum atomic E-state index is -0.542. The van der Waals surface area contributed by atoms with Crippen LogP contribution in [0.2, 0.25) is 0 Å². The van der Waals surface area contributed by atoms with E-state index in [0.29, 0.717) is 26.3 Å². The van der Waals surface area contributed by atoms with Crippen molar-refractivity contribution in [1.29, 1.82) is 0 Å². The molecule has 0 radical (unpaired) electrons. The van der Waals surface area contributed by atoms with E-state index in [9.17, 15) is 9.59 Å². The molecule has 3 amide bonds. The Labute approximate surface area is 108 Å². The van der Waals surface area contributed by atoms with Crippen LogP contribution in [0, 0.1) is 0 Å². The fourth-order valence-electron chi connectivity index (χ4n) is 1.59. The van der Waals surface area contributed by atoms with E-state index in [-0.39, 0.29) is 17.5 Å². The first-order chi connectivity index (χ1) is 8.29. The summed E-state index contributed by atoms with van der Waals surface area (Å²) in [6.45, 7) is 9.63. The largest absolute Gasteiger partial charge is 0.378 e. The van der Waals surface area contributed by atoms with Gasteiger partial charge in [0.25, 0.3) is 0 Å². The standard InChI is InChI=1S/C12H23N3O3/c1-9(10(16)14-12(2,3)4)13-11(17)15-5-7-18-8-6-15/h9H,5-8H2,1-4H3,(H,13,17)(H,14,16). The van der Waals surface area contributed by atoms with Crippen molar-refractivity contribution in [2.24, 2.45) is 0 Å². The molecule has 0 aromatic rings. The quantitative estimate of drug-likeness (QED) is 0.749. The van der Waals surface area contributed by atoms with Gasteiger partial charge in [0.15, 0.2) is 0 Å². The van der Waals surface area contributed by atoms with Gasteiger partial charge in [-0.25, -0.2) is 4.79 Å². The van der Waals surface area contributed by atoms with Gasteiger partial charge in [-0.1, -0.05) is 0 Å². The molecule has 6 nitrogen and oxygen atoms in total. The minimum absolute atomic E-state index is 0.177. The number of hydrogen-bond acceptors (Lipinski definition) is 3. The second kappa shape index (κ2) is 6.04. The topological polar surface area (TPSA) is 70.7 Å². The number of urea groups is 1. The summed E-state index contributed by atoms with van der Waals surface area (Å²) in [5, 5.41) is 5.52. The molecule has 1 fully saturated rings. The normalized spacial score (nSPS) is 18.1. The van der Waals surface area contributed by atoms with Gasteiger partial charge in [0.2, 0.25) is 5.91 Å². The summed E-state index contributed by atoms with van der Waals surface area (Å²) in [7, 11) is 0. The zero-order valence-electron chi connectivity index (χ0n) is 11.6. The minimum Gasteiger partial charge on any atom is -0.378 e. The van der Waals surface area contributed by atoms with E-state index < -0.39 is 6.04 Å². The van der Waals surface area contributed by atoms with Crippen molar-refractivity contribution in [2.75, 3.05) is 26.3 Å². The molecule has 0 spiro atoms. The lowest BCUT2D eigenvalue weighted by atomic mass is 10.1. The van der Waals surface area contributed by atoms with Gasteiger partial charge in [0, 0.05) is 18.6 Å². The Morgan fingerprint density at radius 1 is 1.22 bits per heavy atom. The van der Waals surface area contributed by atoms with Gasteiger partial charge in [-0.2, -0.15) is 0 Å². The molecule has 2 N–H and O–H groups in total. The number of amides is 3. The van der Waals surface area contributed by atoms with E-state index >= 15 is 0 Å². The highest BCUT2D eigenvalue weighted by Crippen LogP contribution is 2.01. The Morgan fingerprint density at radius 2 is 1.78 bits per heavy atom. The molecular formula is C12H23N3O3. The van der Waals surface area contributed by atoms with Crippen LogP contribution in [0.15, 0.2) is 0 Å². The maximum atomic E-state index is 11.9. The third-order valence-corrected chi connectivity index (χ3v) is 2.53. The summed E-state index contributed by atoms with van der Waals surface area (Å²) in [6, 6.07) is -0.755. The summed E-state index contributed by atoms with van der Waals surface area (Å²) in [4.78, 5) is 25.3. The Morgan fingerprint density at radius 3 is 2.28 bits per heavy atom. The molecule has 0 aromatic carbocycles. The second-order valence-electron chi connectivity index (χ2n) is 5.51. The molecule has 0 bridgehead atoms. The Balaban J connectivity index is 2.41. The number of hydrogen-bond donors (Lipinski definition) is 2. The summed E-state index contributed by atoms with van der Waals surface area (Å²) in [5.74, 6) is -0.177. The number of rotatable bonds is 2. The molecule has 1 unspecified atom stereocenters. The van der Waals surface area contributed by atoms with Crippen molar-refractivity contribution in [3.63, 3.8) is 0 Å². The number of morpholine rings is 1. The van der Waals surface area contributed by atoms with Crippen LogP contribution in [-0.4, -0.2) is 54.7 Å². The fraction of sp³-hybridized carbons (Fsp3) is 0.833. The van der Waals surface area contributed by atoms with Crippen LogP contribution < -0.4 is 10.6 Å². The summed E-state index contributed by atoms with van der Waals surface area (Å²) >= 11 is 0. The highest BCUT2D eigenvalue weighted by molar-refractivity contribution is 5.87. The number of carbonyl (C=O) groups excluding carboxylic acids is 2. The van der Waals surface area contributed by atoms with Crippen LogP contribution in [0.1, 0.15) is 27.7 Å². The van der Waals surface area contributed by atoms with Gasteiger partial charge in [-0.3, -0.25) is 4.79 Å². The highest BCUT2D eigenvalue weighted by atomic mass is 16.5. The van der Waals surface area contributed by atoms with Crippen molar-refractivity contribution in [3.05, 3.63) is 0 Å². The number of nitrogens with zero attached hydrogens (tertiary/aromatic N) is 1. The third-order valence-electron chi connectivity index (χ3n) is 2.53. The van der Waals surface area contributed by atoms with Crippen LogP contribution in [-0.2, 0) is 9.53 Å². The van der Waals surface area contributed by atoms with Crippen LogP contribution in [0.4, 0.5) is 4.79 Å². The molecule has 1 aliphatic heterocycles. The van der Waals surface area contributed by atoms with E-state index in [2.05, 4.69) is 10.6 Å². The van der Waals surface area contributed by atoms with E-state index in [1.54, 1.807) is 11.8 Å².